The van der Waals surface area contributed by atoms with Crippen molar-refractivity contribution in [3.05, 3.63) is 59.8 Å². The molecule has 0 radical (unpaired) electrons. The fourth-order valence-corrected chi connectivity index (χ4v) is 5.34. The molecule has 1 fully saturated rings. The van der Waals surface area contributed by atoms with E-state index in [1.165, 1.54) is 0 Å². The predicted molar refractivity (Wildman–Crippen MR) is 115 cm³/mol. The number of sulfonamides is 1. The molecule has 1 aliphatic heterocycles. The van der Waals surface area contributed by atoms with Gasteiger partial charge in [-0.2, -0.15) is 4.31 Å². The van der Waals surface area contributed by atoms with Crippen molar-refractivity contribution in [3.8, 4) is 17.1 Å². The third kappa shape index (κ3) is 3.93. The largest absolute Gasteiger partial charge is 0.497 e. The van der Waals surface area contributed by atoms with E-state index in [1.54, 1.807) is 23.5 Å². The zero-order valence-electron chi connectivity index (χ0n) is 17.3. The van der Waals surface area contributed by atoms with E-state index in [9.17, 15) is 8.42 Å². The molecule has 3 aromatic rings. The Hall–Kier alpha value is -2.84. The van der Waals surface area contributed by atoms with Crippen molar-refractivity contribution < 1.29 is 17.7 Å². The fourth-order valence-electron chi connectivity index (χ4n) is 3.71. The molecule has 7 nitrogen and oxygen atoms in total. The van der Waals surface area contributed by atoms with Crippen LogP contribution in [-0.2, 0) is 10.0 Å². The molecule has 158 valence electrons. The third-order valence-electron chi connectivity index (χ3n) is 5.38. The van der Waals surface area contributed by atoms with Gasteiger partial charge in [0.15, 0.2) is 5.76 Å². The molecule has 4 rings (SSSR count). The van der Waals surface area contributed by atoms with E-state index >= 15 is 0 Å². The van der Waals surface area contributed by atoms with Crippen LogP contribution in [0.4, 0.5) is 5.69 Å². The monoisotopic (exact) mass is 427 g/mol. The van der Waals surface area contributed by atoms with E-state index in [0.29, 0.717) is 42.4 Å². The van der Waals surface area contributed by atoms with Gasteiger partial charge >= 0.3 is 0 Å². The summed E-state index contributed by atoms with van der Waals surface area (Å²) in [6, 6.07) is 14.9. The molecule has 30 heavy (non-hydrogen) atoms. The highest BCUT2D eigenvalue weighted by Crippen LogP contribution is 2.28. The molecule has 8 heteroatoms. The SMILES string of the molecule is COc1ccc(N2CCN(S(=O)(=O)c3ccc(-c4cc(C)no4)cc3C)CC2)cc1. The molecule has 2 aromatic carbocycles. The van der Waals surface area contributed by atoms with Crippen molar-refractivity contribution in [2.24, 2.45) is 0 Å². The molecule has 0 unspecified atom stereocenters. The highest BCUT2D eigenvalue weighted by Gasteiger charge is 2.30. The molecule has 0 N–H and O–H groups in total. The average Bonchev–Trinajstić information content (AvgIpc) is 3.20. The van der Waals surface area contributed by atoms with Gasteiger partial charge in [0.2, 0.25) is 10.0 Å². The Bertz CT molecular complexity index is 1130. The summed E-state index contributed by atoms with van der Waals surface area (Å²) in [6.45, 7) is 5.82. The molecule has 0 amide bonds. The van der Waals surface area contributed by atoms with Crippen molar-refractivity contribution in [1.29, 1.82) is 0 Å². The van der Waals surface area contributed by atoms with E-state index in [2.05, 4.69) is 10.1 Å². The summed E-state index contributed by atoms with van der Waals surface area (Å²) >= 11 is 0. The Morgan fingerprint density at radius 1 is 0.967 bits per heavy atom. The first-order chi connectivity index (χ1) is 14.4. The lowest BCUT2D eigenvalue weighted by Gasteiger charge is -2.35. The Morgan fingerprint density at radius 2 is 1.67 bits per heavy atom. The second-order valence-corrected chi connectivity index (χ2v) is 9.31. The van der Waals surface area contributed by atoms with Crippen LogP contribution >= 0.6 is 0 Å². The number of hydrogen-bond donors (Lipinski definition) is 0. The standard InChI is InChI=1S/C22H25N3O4S/c1-16-14-18(21-15-17(2)23-29-21)4-9-22(16)30(26,27)25-12-10-24(11-13-25)19-5-7-20(28-3)8-6-19/h4-9,14-15H,10-13H2,1-3H3. The molecule has 1 aromatic heterocycles. The Balaban J connectivity index is 1.49. The number of aromatic nitrogens is 1. The molecule has 2 heterocycles. The quantitative estimate of drug-likeness (QED) is 0.621. The topological polar surface area (TPSA) is 75.9 Å². The number of aryl methyl sites for hydroxylation is 2. The first-order valence-corrected chi connectivity index (χ1v) is 11.3. The molecular weight excluding hydrogens is 402 g/mol. The van der Waals surface area contributed by atoms with Gasteiger partial charge in [-0.1, -0.05) is 5.16 Å². The van der Waals surface area contributed by atoms with Crippen LogP contribution in [0.25, 0.3) is 11.3 Å². The average molecular weight is 428 g/mol. The van der Waals surface area contributed by atoms with Gasteiger partial charge in [-0.3, -0.25) is 0 Å². The maximum atomic E-state index is 13.2. The summed E-state index contributed by atoms with van der Waals surface area (Å²) in [5.41, 5.74) is 3.36. The van der Waals surface area contributed by atoms with Gasteiger partial charge in [0.05, 0.1) is 17.7 Å². The minimum absolute atomic E-state index is 0.334. The highest BCUT2D eigenvalue weighted by molar-refractivity contribution is 7.89. The van der Waals surface area contributed by atoms with Crippen LogP contribution in [0.3, 0.4) is 0 Å². The molecular formula is C22H25N3O4S. The van der Waals surface area contributed by atoms with Gasteiger partial charge in [0.25, 0.3) is 0 Å². The van der Waals surface area contributed by atoms with Crippen LogP contribution in [0.5, 0.6) is 5.75 Å². The van der Waals surface area contributed by atoms with E-state index in [-0.39, 0.29) is 0 Å². The number of ether oxygens (including phenoxy) is 1. The normalized spacial score (nSPS) is 15.4. The van der Waals surface area contributed by atoms with Crippen molar-refractivity contribution in [3.63, 3.8) is 0 Å². The molecule has 0 atom stereocenters. The molecule has 0 aliphatic carbocycles. The zero-order chi connectivity index (χ0) is 21.3. The van der Waals surface area contributed by atoms with E-state index in [4.69, 9.17) is 9.26 Å². The lowest BCUT2D eigenvalue weighted by atomic mass is 10.1. The summed E-state index contributed by atoms with van der Waals surface area (Å²) in [6.07, 6.45) is 0. The predicted octanol–water partition coefficient (Wildman–Crippen LogP) is 3.48. The van der Waals surface area contributed by atoms with Gasteiger partial charge < -0.3 is 14.2 Å². The van der Waals surface area contributed by atoms with E-state index < -0.39 is 10.0 Å². The van der Waals surface area contributed by atoms with Crippen molar-refractivity contribution in [2.45, 2.75) is 18.7 Å². The minimum atomic E-state index is -3.56. The van der Waals surface area contributed by atoms with E-state index in [1.807, 2.05) is 50.2 Å². The van der Waals surface area contributed by atoms with Crippen molar-refractivity contribution >= 4 is 15.7 Å². The van der Waals surface area contributed by atoms with Crippen molar-refractivity contribution in [2.75, 3.05) is 38.2 Å². The van der Waals surface area contributed by atoms with Crippen LogP contribution in [0.1, 0.15) is 11.3 Å². The summed E-state index contributed by atoms with van der Waals surface area (Å²) in [5.74, 6) is 1.44. The second-order valence-electron chi connectivity index (χ2n) is 7.40. The number of nitrogens with zero attached hydrogens (tertiary/aromatic N) is 3. The minimum Gasteiger partial charge on any atom is -0.497 e. The van der Waals surface area contributed by atoms with E-state index in [0.717, 1.165) is 22.7 Å². The van der Waals surface area contributed by atoms with Gasteiger partial charge in [-0.15, -0.1) is 0 Å². The number of rotatable bonds is 5. The van der Waals surface area contributed by atoms with Crippen LogP contribution in [0.15, 0.2) is 57.9 Å². The summed E-state index contributed by atoms with van der Waals surface area (Å²) in [7, 11) is -1.92. The number of methoxy groups -OCH3 is 1. The Morgan fingerprint density at radius 3 is 2.23 bits per heavy atom. The summed E-state index contributed by atoms with van der Waals surface area (Å²) < 4.78 is 38.5. The molecule has 0 saturated carbocycles. The van der Waals surface area contributed by atoms with Gasteiger partial charge in [-0.25, -0.2) is 8.42 Å². The number of anilines is 1. The van der Waals surface area contributed by atoms with Crippen LogP contribution in [0.2, 0.25) is 0 Å². The maximum Gasteiger partial charge on any atom is 0.243 e. The van der Waals surface area contributed by atoms with Crippen LogP contribution in [-0.4, -0.2) is 51.2 Å². The number of hydrogen-bond acceptors (Lipinski definition) is 6. The van der Waals surface area contributed by atoms with Gasteiger partial charge in [0, 0.05) is 43.5 Å². The van der Waals surface area contributed by atoms with Crippen LogP contribution < -0.4 is 9.64 Å². The first-order valence-electron chi connectivity index (χ1n) is 9.82. The number of piperazine rings is 1. The highest BCUT2D eigenvalue weighted by atomic mass is 32.2. The second kappa shape index (κ2) is 8.12. The maximum absolute atomic E-state index is 13.2. The smallest absolute Gasteiger partial charge is 0.243 e. The molecule has 1 aliphatic rings. The van der Waals surface area contributed by atoms with Gasteiger partial charge in [0.1, 0.15) is 5.75 Å². The lowest BCUT2D eigenvalue weighted by Crippen LogP contribution is -2.48. The third-order valence-corrected chi connectivity index (χ3v) is 7.44. The summed E-state index contributed by atoms with van der Waals surface area (Å²) in [4.78, 5) is 2.52. The summed E-state index contributed by atoms with van der Waals surface area (Å²) in [5, 5.41) is 3.90. The Kier molecular flexibility index (Phi) is 5.53. The lowest BCUT2D eigenvalue weighted by molar-refractivity contribution is 0.384. The fraction of sp³-hybridized carbons (Fsp3) is 0.318. The van der Waals surface area contributed by atoms with Gasteiger partial charge in [-0.05, 0) is 61.9 Å². The van der Waals surface area contributed by atoms with Crippen molar-refractivity contribution in [1.82, 2.24) is 9.46 Å². The van der Waals surface area contributed by atoms with Crippen LogP contribution in [0, 0.1) is 13.8 Å². The molecule has 0 spiro atoms. The molecule has 0 bridgehead atoms. The number of benzene rings is 2. The first kappa shape index (κ1) is 20.4. The Labute approximate surface area is 176 Å². The zero-order valence-corrected chi connectivity index (χ0v) is 18.1. The molecule has 1 saturated heterocycles.